The molecule has 0 bridgehead atoms. The van der Waals surface area contributed by atoms with Gasteiger partial charge in [0.2, 0.25) is 0 Å². The van der Waals surface area contributed by atoms with Crippen molar-refractivity contribution < 1.29 is 8.83 Å². The lowest BCUT2D eigenvalue weighted by Crippen LogP contribution is -2.17. The summed E-state index contributed by atoms with van der Waals surface area (Å²) < 4.78 is 11.5. The number of nitrogens with two attached hydrogens (primary N) is 1. The molecule has 3 N–H and O–H groups in total. The summed E-state index contributed by atoms with van der Waals surface area (Å²) >= 11 is 6.26. The molecule has 0 aliphatic heterocycles. The highest BCUT2D eigenvalue weighted by Crippen LogP contribution is 2.34. The summed E-state index contributed by atoms with van der Waals surface area (Å²) in [4.78, 5) is 4.47. The van der Waals surface area contributed by atoms with Gasteiger partial charge >= 0.3 is 0 Å². The number of nitrogens with zero attached hydrogens (tertiary/aromatic N) is 1. The molecular weight excluding hydrogens is 350 g/mol. The molecule has 3 aromatic rings. The van der Waals surface area contributed by atoms with E-state index in [-0.39, 0.29) is 6.04 Å². The van der Waals surface area contributed by atoms with Crippen LogP contribution in [0.4, 0.5) is 5.69 Å². The number of anilines is 1. The average Bonchev–Trinajstić information content (AvgIpc) is 3.15. The van der Waals surface area contributed by atoms with Gasteiger partial charge in [-0.05, 0) is 31.9 Å². The Morgan fingerprint density at radius 1 is 1.46 bits per heavy atom. The Labute approximate surface area is 156 Å². The Bertz CT molecular complexity index is 976. The van der Waals surface area contributed by atoms with Crippen LogP contribution >= 0.6 is 11.6 Å². The molecule has 0 unspecified atom stereocenters. The van der Waals surface area contributed by atoms with Gasteiger partial charge in [-0.25, -0.2) is 4.98 Å². The second-order valence-electron chi connectivity index (χ2n) is 6.73. The average molecular weight is 370 g/mol. The first-order chi connectivity index (χ1) is 12.6. The minimum Gasteiger partial charge on any atom is -0.467 e. The summed E-state index contributed by atoms with van der Waals surface area (Å²) in [5.41, 5.74) is 8.89. The van der Waals surface area contributed by atoms with Gasteiger partial charge in [-0.2, -0.15) is 0 Å². The molecule has 26 heavy (non-hydrogen) atoms. The van der Waals surface area contributed by atoms with Gasteiger partial charge < -0.3 is 19.9 Å². The summed E-state index contributed by atoms with van der Waals surface area (Å²) in [6, 6.07) is 5.48. The Morgan fingerprint density at radius 2 is 2.31 bits per heavy atom. The monoisotopic (exact) mass is 369 g/mol. The van der Waals surface area contributed by atoms with Crippen molar-refractivity contribution in [1.82, 2.24) is 4.98 Å². The standard InChI is InChI=1S/C20H20ClN3O2/c1-12(22)9-17-15(7-6-13-4-5-13)19-20(26-17)16(10-18(21)24-19)23-11-14-3-2-8-25-14/h2-3,8,10,12-13H,4-5,9,11,22H2,1H3,(H,23,24)/t12-/m0/s1. The number of hydrogen-bond acceptors (Lipinski definition) is 5. The third kappa shape index (κ3) is 3.72. The lowest BCUT2D eigenvalue weighted by molar-refractivity contribution is 0.516. The molecule has 1 saturated carbocycles. The maximum atomic E-state index is 6.26. The fraction of sp³-hybridized carbons (Fsp3) is 0.350. The third-order valence-electron chi connectivity index (χ3n) is 4.20. The molecule has 0 saturated heterocycles. The van der Waals surface area contributed by atoms with Gasteiger partial charge in [-0.1, -0.05) is 23.4 Å². The number of hydrogen-bond donors (Lipinski definition) is 2. The summed E-state index contributed by atoms with van der Waals surface area (Å²) in [6.45, 7) is 2.47. The van der Waals surface area contributed by atoms with Crippen LogP contribution in [0.25, 0.3) is 11.1 Å². The quantitative estimate of drug-likeness (QED) is 0.516. The number of furan rings is 2. The molecular formula is C20H20ClN3O2. The highest BCUT2D eigenvalue weighted by molar-refractivity contribution is 6.30. The van der Waals surface area contributed by atoms with E-state index >= 15 is 0 Å². The number of rotatable bonds is 5. The van der Waals surface area contributed by atoms with Gasteiger partial charge in [-0.15, -0.1) is 0 Å². The van der Waals surface area contributed by atoms with Crippen molar-refractivity contribution in [1.29, 1.82) is 0 Å². The topological polar surface area (TPSA) is 77.2 Å². The molecule has 6 heteroatoms. The van der Waals surface area contributed by atoms with Crippen LogP contribution in [0.5, 0.6) is 0 Å². The Balaban J connectivity index is 1.76. The molecule has 1 atom stereocenters. The van der Waals surface area contributed by atoms with Gasteiger partial charge in [0.1, 0.15) is 22.2 Å². The zero-order chi connectivity index (χ0) is 18.1. The van der Waals surface area contributed by atoms with E-state index in [1.807, 2.05) is 19.1 Å². The zero-order valence-corrected chi connectivity index (χ0v) is 15.3. The molecule has 5 nitrogen and oxygen atoms in total. The lowest BCUT2D eigenvalue weighted by Gasteiger charge is -2.05. The molecule has 4 rings (SSSR count). The molecule has 0 amide bonds. The fourth-order valence-corrected chi connectivity index (χ4v) is 2.97. The summed E-state index contributed by atoms with van der Waals surface area (Å²) in [7, 11) is 0. The molecule has 1 aliphatic rings. The van der Waals surface area contributed by atoms with Crippen molar-refractivity contribution >= 4 is 28.4 Å². The van der Waals surface area contributed by atoms with Gasteiger partial charge in [-0.3, -0.25) is 0 Å². The van der Waals surface area contributed by atoms with Crippen LogP contribution < -0.4 is 11.1 Å². The van der Waals surface area contributed by atoms with E-state index in [1.54, 1.807) is 12.3 Å². The molecule has 1 aliphatic carbocycles. The van der Waals surface area contributed by atoms with Gasteiger partial charge in [0.05, 0.1) is 24.1 Å². The molecule has 3 heterocycles. The van der Waals surface area contributed by atoms with Crippen molar-refractivity contribution in [2.75, 3.05) is 5.32 Å². The number of nitrogens with one attached hydrogen (secondary N) is 1. The minimum atomic E-state index is -0.0352. The molecule has 3 aromatic heterocycles. The molecule has 0 spiro atoms. The van der Waals surface area contributed by atoms with E-state index in [1.165, 1.54) is 0 Å². The molecule has 134 valence electrons. The first-order valence-corrected chi connectivity index (χ1v) is 9.13. The second kappa shape index (κ2) is 7.06. The second-order valence-corrected chi connectivity index (χ2v) is 7.12. The predicted octanol–water partition coefficient (Wildman–Crippen LogP) is 4.34. The van der Waals surface area contributed by atoms with Crippen LogP contribution in [0.15, 0.2) is 33.3 Å². The number of aromatic nitrogens is 1. The molecule has 0 radical (unpaired) electrons. The molecule has 1 fully saturated rings. The van der Waals surface area contributed by atoms with E-state index in [9.17, 15) is 0 Å². The van der Waals surface area contributed by atoms with Gasteiger partial charge in [0.15, 0.2) is 5.58 Å². The van der Waals surface area contributed by atoms with Crippen LogP contribution in [-0.2, 0) is 13.0 Å². The van der Waals surface area contributed by atoms with E-state index in [0.29, 0.717) is 35.1 Å². The number of halogens is 1. The maximum Gasteiger partial charge on any atom is 0.177 e. The SMILES string of the molecule is C[C@H](N)Cc1oc2c(NCc3ccco3)cc(Cl)nc2c1C#CC1CC1. The Hall–Kier alpha value is -2.42. The van der Waals surface area contributed by atoms with Crippen molar-refractivity contribution in [3.05, 3.63) is 46.7 Å². The first-order valence-electron chi connectivity index (χ1n) is 8.75. The molecule has 0 aromatic carbocycles. The summed E-state index contributed by atoms with van der Waals surface area (Å²) in [5.74, 6) is 8.62. The van der Waals surface area contributed by atoms with Crippen molar-refractivity contribution in [2.24, 2.45) is 11.7 Å². The summed E-state index contributed by atoms with van der Waals surface area (Å²) in [6.07, 6.45) is 4.57. The van der Waals surface area contributed by atoms with Crippen LogP contribution in [-0.4, -0.2) is 11.0 Å². The lowest BCUT2D eigenvalue weighted by atomic mass is 10.1. The predicted molar refractivity (Wildman–Crippen MR) is 102 cm³/mol. The van der Waals surface area contributed by atoms with Crippen molar-refractivity contribution in [3.63, 3.8) is 0 Å². The maximum absolute atomic E-state index is 6.26. The van der Waals surface area contributed by atoms with E-state index < -0.39 is 0 Å². The Kier molecular flexibility index (Phi) is 4.62. The van der Waals surface area contributed by atoms with Crippen LogP contribution in [0.2, 0.25) is 5.15 Å². The minimum absolute atomic E-state index is 0.0352. The highest BCUT2D eigenvalue weighted by Gasteiger charge is 2.21. The Morgan fingerprint density at radius 3 is 3.00 bits per heavy atom. The van der Waals surface area contributed by atoms with Crippen molar-refractivity contribution in [3.8, 4) is 11.8 Å². The first kappa shape index (κ1) is 17.0. The van der Waals surface area contributed by atoms with E-state index in [2.05, 4.69) is 22.1 Å². The van der Waals surface area contributed by atoms with Gasteiger partial charge in [0.25, 0.3) is 0 Å². The van der Waals surface area contributed by atoms with Gasteiger partial charge in [0, 0.05) is 24.4 Å². The highest BCUT2D eigenvalue weighted by atomic mass is 35.5. The van der Waals surface area contributed by atoms with Crippen LogP contribution in [0.1, 0.15) is 36.8 Å². The fourth-order valence-electron chi connectivity index (χ4n) is 2.77. The third-order valence-corrected chi connectivity index (χ3v) is 4.40. The van der Waals surface area contributed by atoms with E-state index in [0.717, 1.165) is 35.6 Å². The normalized spacial score (nSPS) is 14.9. The summed E-state index contributed by atoms with van der Waals surface area (Å²) in [5, 5.41) is 3.70. The zero-order valence-electron chi connectivity index (χ0n) is 14.5. The van der Waals surface area contributed by atoms with E-state index in [4.69, 9.17) is 26.2 Å². The number of pyridine rings is 1. The smallest absolute Gasteiger partial charge is 0.177 e. The van der Waals surface area contributed by atoms with Crippen LogP contribution in [0.3, 0.4) is 0 Å². The van der Waals surface area contributed by atoms with Crippen molar-refractivity contribution in [2.45, 2.75) is 38.8 Å². The van der Waals surface area contributed by atoms with Crippen LogP contribution in [0, 0.1) is 17.8 Å². The largest absolute Gasteiger partial charge is 0.467 e. The number of fused-ring (bicyclic) bond motifs is 1.